The van der Waals surface area contributed by atoms with Crippen LogP contribution >= 0.6 is 23.1 Å². The first-order chi connectivity index (χ1) is 9.47. The largest absolute Gasteiger partial charge is 0.481 e. The van der Waals surface area contributed by atoms with Crippen molar-refractivity contribution in [2.24, 2.45) is 0 Å². The number of carboxylic acids is 1. The minimum Gasteiger partial charge on any atom is -0.481 e. The Morgan fingerprint density at radius 2 is 2.05 bits per heavy atom. The van der Waals surface area contributed by atoms with E-state index in [9.17, 15) is 13.2 Å². The average Bonchev–Trinajstić information content (AvgIpc) is 2.84. The smallest absolute Gasteiger partial charge is 0.313 e. The number of nitrogens with zero attached hydrogens (tertiary/aromatic N) is 2. The Morgan fingerprint density at radius 3 is 2.70 bits per heavy atom. The summed E-state index contributed by atoms with van der Waals surface area (Å²) in [5.74, 6) is -1.07. The topological polar surface area (TPSA) is 109 Å². The lowest BCUT2D eigenvalue weighted by Crippen LogP contribution is -2.29. The first-order valence-corrected chi connectivity index (χ1v) is 9.52. The zero-order valence-electron chi connectivity index (χ0n) is 10.6. The summed E-state index contributed by atoms with van der Waals surface area (Å²) in [7, 11) is -3.42. The van der Waals surface area contributed by atoms with Crippen molar-refractivity contribution in [1.82, 2.24) is 10.2 Å². The highest BCUT2D eigenvalue weighted by atomic mass is 32.2. The van der Waals surface area contributed by atoms with Crippen LogP contribution in [-0.2, 0) is 14.8 Å². The molecule has 0 spiro atoms. The lowest BCUT2D eigenvalue weighted by Gasteiger charge is -2.21. The van der Waals surface area contributed by atoms with E-state index < -0.39 is 16.0 Å². The number of rotatable bonds is 6. The molecule has 0 bridgehead atoms. The molecule has 2 N–H and O–H groups in total. The molecule has 7 nitrogen and oxygen atoms in total. The Balaban J connectivity index is 1.96. The van der Waals surface area contributed by atoms with Gasteiger partial charge in [-0.05, 0) is 12.8 Å². The number of aliphatic carboxylic acids is 1. The number of thioether (sulfide) groups is 1. The maximum absolute atomic E-state index is 12.2. The molecule has 0 radical (unpaired) electrons. The molecule has 1 aromatic rings. The Morgan fingerprint density at radius 1 is 1.35 bits per heavy atom. The highest BCUT2D eigenvalue weighted by Gasteiger charge is 2.28. The van der Waals surface area contributed by atoms with Crippen LogP contribution in [0.15, 0.2) is 4.34 Å². The molecule has 0 unspecified atom stereocenters. The van der Waals surface area contributed by atoms with Gasteiger partial charge in [0.25, 0.3) is 0 Å². The van der Waals surface area contributed by atoms with E-state index in [-0.39, 0.29) is 16.1 Å². The van der Waals surface area contributed by atoms with Crippen LogP contribution in [0.4, 0.5) is 5.13 Å². The second kappa shape index (κ2) is 6.72. The van der Waals surface area contributed by atoms with E-state index >= 15 is 0 Å². The van der Waals surface area contributed by atoms with Gasteiger partial charge >= 0.3 is 5.97 Å². The van der Waals surface area contributed by atoms with Gasteiger partial charge in [-0.25, -0.2) is 8.42 Å². The fourth-order valence-electron chi connectivity index (χ4n) is 2.01. The lowest BCUT2D eigenvalue weighted by molar-refractivity contribution is -0.133. The van der Waals surface area contributed by atoms with Gasteiger partial charge in [0.1, 0.15) is 0 Å². The van der Waals surface area contributed by atoms with Gasteiger partial charge in [-0.15, -0.1) is 10.2 Å². The summed E-state index contributed by atoms with van der Waals surface area (Å²) in [5, 5.41) is 15.9. The molecular weight excluding hydrogens is 322 g/mol. The predicted octanol–water partition coefficient (Wildman–Crippen LogP) is 1.79. The van der Waals surface area contributed by atoms with Gasteiger partial charge in [-0.3, -0.25) is 9.52 Å². The highest BCUT2D eigenvalue weighted by molar-refractivity contribution is 8.01. The van der Waals surface area contributed by atoms with E-state index in [4.69, 9.17) is 5.11 Å². The molecule has 20 heavy (non-hydrogen) atoms. The summed E-state index contributed by atoms with van der Waals surface area (Å²) in [5.41, 5.74) is 0. The van der Waals surface area contributed by atoms with Crippen LogP contribution in [0.1, 0.15) is 32.1 Å². The highest BCUT2D eigenvalue weighted by Crippen LogP contribution is 2.29. The van der Waals surface area contributed by atoms with Gasteiger partial charge in [0.2, 0.25) is 15.2 Å². The Labute approximate surface area is 125 Å². The van der Waals surface area contributed by atoms with Crippen molar-refractivity contribution in [3.05, 3.63) is 0 Å². The third-order valence-corrected chi connectivity index (χ3v) is 6.86. The van der Waals surface area contributed by atoms with Gasteiger partial charge in [0.05, 0.1) is 11.0 Å². The van der Waals surface area contributed by atoms with Crippen molar-refractivity contribution in [2.45, 2.75) is 41.7 Å². The van der Waals surface area contributed by atoms with Gasteiger partial charge in [-0.2, -0.15) is 0 Å². The van der Waals surface area contributed by atoms with Crippen molar-refractivity contribution in [3.8, 4) is 0 Å². The zero-order valence-corrected chi connectivity index (χ0v) is 13.1. The third-order valence-electron chi connectivity index (χ3n) is 2.95. The number of sulfonamides is 1. The van der Waals surface area contributed by atoms with Crippen LogP contribution in [0, 0.1) is 0 Å². The minimum atomic E-state index is -3.42. The molecule has 0 amide bonds. The molecule has 1 fully saturated rings. The van der Waals surface area contributed by atoms with Crippen LogP contribution in [-0.4, -0.2) is 40.7 Å². The normalized spacial score (nSPS) is 17.0. The number of hydrogen-bond donors (Lipinski definition) is 2. The van der Waals surface area contributed by atoms with Crippen LogP contribution < -0.4 is 4.72 Å². The van der Waals surface area contributed by atoms with Crippen LogP contribution in [0.5, 0.6) is 0 Å². The minimum absolute atomic E-state index is 0.121. The lowest BCUT2D eigenvalue weighted by atomic mass is 10.0. The van der Waals surface area contributed by atoms with Gasteiger partial charge < -0.3 is 5.11 Å². The van der Waals surface area contributed by atoms with Crippen molar-refractivity contribution >= 4 is 44.2 Å². The summed E-state index contributed by atoms with van der Waals surface area (Å²) in [4.78, 5) is 10.4. The standard InChI is InChI=1S/C10H15N3O4S3/c14-8(15)6-18-10-12-11-9(19-10)13-20(16,17)7-4-2-1-3-5-7/h7H,1-6H2,(H,11,13)(H,14,15). The second-order valence-corrected chi connectivity index (χ2v) is 8.62. The molecular formula is C10H15N3O4S3. The summed E-state index contributed by atoms with van der Waals surface area (Å²) >= 11 is 2.07. The van der Waals surface area contributed by atoms with Crippen molar-refractivity contribution in [3.63, 3.8) is 0 Å². The molecule has 0 aliphatic heterocycles. The predicted molar refractivity (Wildman–Crippen MR) is 77.7 cm³/mol. The Kier molecular flexibility index (Phi) is 5.22. The fraction of sp³-hybridized carbons (Fsp3) is 0.700. The molecule has 0 aromatic carbocycles. The van der Waals surface area contributed by atoms with E-state index in [0.29, 0.717) is 17.2 Å². The summed E-state index contributed by atoms with van der Waals surface area (Å²) < 4.78 is 27.2. The average molecular weight is 337 g/mol. The maximum Gasteiger partial charge on any atom is 0.313 e. The quantitative estimate of drug-likeness (QED) is 0.762. The van der Waals surface area contributed by atoms with Crippen LogP contribution in [0.2, 0.25) is 0 Å². The van der Waals surface area contributed by atoms with Crippen molar-refractivity contribution < 1.29 is 18.3 Å². The van der Waals surface area contributed by atoms with Gasteiger partial charge in [0.15, 0.2) is 4.34 Å². The third kappa shape index (κ3) is 4.32. The van der Waals surface area contributed by atoms with E-state index in [1.54, 1.807) is 0 Å². The molecule has 112 valence electrons. The molecule has 10 heteroatoms. The number of nitrogens with one attached hydrogen (secondary N) is 1. The van der Waals surface area contributed by atoms with E-state index in [2.05, 4.69) is 14.9 Å². The second-order valence-electron chi connectivity index (χ2n) is 4.46. The van der Waals surface area contributed by atoms with Gasteiger partial charge in [0, 0.05) is 0 Å². The summed E-state index contributed by atoms with van der Waals surface area (Å²) in [6, 6.07) is 0. The van der Waals surface area contributed by atoms with Gasteiger partial charge in [-0.1, -0.05) is 42.4 Å². The van der Waals surface area contributed by atoms with Crippen LogP contribution in [0.25, 0.3) is 0 Å². The first-order valence-electron chi connectivity index (χ1n) is 6.17. The fourth-order valence-corrected chi connectivity index (χ4v) is 5.26. The van der Waals surface area contributed by atoms with E-state index in [0.717, 1.165) is 42.4 Å². The van der Waals surface area contributed by atoms with Crippen LogP contribution in [0.3, 0.4) is 0 Å². The van der Waals surface area contributed by atoms with E-state index in [1.165, 1.54) is 0 Å². The van der Waals surface area contributed by atoms with E-state index in [1.807, 2.05) is 0 Å². The molecule has 0 saturated heterocycles. The number of hydrogen-bond acceptors (Lipinski definition) is 7. The number of aromatic nitrogens is 2. The molecule has 1 aliphatic rings. The number of carbonyl (C=O) groups is 1. The molecule has 2 rings (SSSR count). The number of anilines is 1. The molecule has 1 heterocycles. The van der Waals surface area contributed by atoms with Crippen molar-refractivity contribution in [2.75, 3.05) is 10.5 Å². The molecule has 1 saturated carbocycles. The molecule has 0 atom stereocenters. The molecule has 1 aliphatic carbocycles. The first kappa shape index (κ1) is 15.5. The summed E-state index contributed by atoms with van der Waals surface area (Å²) in [6.45, 7) is 0. The van der Waals surface area contributed by atoms with Crippen molar-refractivity contribution in [1.29, 1.82) is 0 Å². The zero-order chi connectivity index (χ0) is 14.6. The maximum atomic E-state index is 12.2. The summed E-state index contributed by atoms with van der Waals surface area (Å²) in [6.07, 6.45) is 4.30. The Hall–Kier alpha value is -0.870. The monoisotopic (exact) mass is 337 g/mol. The Bertz CT molecular complexity index is 566. The number of carboxylic acid groups (broad SMARTS) is 1. The molecule has 1 aromatic heterocycles. The SMILES string of the molecule is O=C(O)CSc1nnc(NS(=O)(=O)C2CCCCC2)s1.